The average Bonchev–Trinajstić information content (AvgIpc) is 2.80. The summed E-state index contributed by atoms with van der Waals surface area (Å²) < 4.78 is 2.17. The van der Waals surface area contributed by atoms with E-state index in [2.05, 4.69) is 4.99 Å². The molecule has 1 aromatic heterocycles. The Balaban J connectivity index is 2.12. The SMILES string of the molecule is CN(C)C(=Nc1ccccc1)c1c(O)n(-c2ccccc2)c(=O)n(-c2ccccc2)c1=O. The molecule has 32 heavy (non-hydrogen) atoms. The molecule has 0 aliphatic carbocycles. The molecule has 0 atom stereocenters. The fourth-order valence-electron chi connectivity index (χ4n) is 3.41. The van der Waals surface area contributed by atoms with E-state index in [0.717, 1.165) is 9.13 Å². The van der Waals surface area contributed by atoms with Crippen LogP contribution < -0.4 is 11.2 Å². The predicted octanol–water partition coefficient (Wildman–Crippen LogP) is 3.33. The van der Waals surface area contributed by atoms with Gasteiger partial charge in [-0.1, -0.05) is 54.6 Å². The normalized spacial score (nSPS) is 11.4. The maximum Gasteiger partial charge on any atom is 0.343 e. The second-order valence-corrected chi connectivity index (χ2v) is 7.29. The Bertz CT molecular complexity index is 1370. The third kappa shape index (κ3) is 3.83. The largest absolute Gasteiger partial charge is 0.493 e. The number of rotatable bonds is 4. The molecule has 160 valence electrons. The number of hydrogen-bond acceptors (Lipinski definition) is 4. The Morgan fingerprint density at radius 2 is 1.22 bits per heavy atom. The van der Waals surface area contributed by atoms with Crippen molar-refractivity contribution in [1.29, 1.82) is 0 Å². The molecule has 7 heteroatoms. The van der Waals surface area contributed by atoms with Crippen LogP contribution in [0.2, 0.25) is 0 Å². The molecule has 0 radical (unpaired) electrons. The lowest BCUT2D eigenvalue weighted by Crippen LogP contribution is -2.43. The molecule has 0 fully saturated rings. The monoisotopic (exact) mass is 426 g/mol. The summed E-state index contributed by atoms with van der Waals surface area (Å²) in [7, 11) is 3.46. The first-order valence-corrected chi connectivity index (χ1v) is 10.0. The zero-order chi connectivity index (χ0) is 22.7. The van der Waals surface area contributed by atoms with Crippen molar-refractivity contribution in [3.05, 3.63) is 117 Å². The second kappa shape index (κ2) is 8.77. The number of hydrogen-bond donors (Lipinski definition) is 1. The molecule has 0 bridgehead atoms. The fourth-order valence-corrected chi connectivity index (χ4v) is 3.41. The van der Waals surface area contributed by atoms with Crippen molar-refractivity contribution >= 4 is 11.5 Å². The summed E-state index contributed by atoms with van der Waals surface area (Å²) in [4.78, 5) is 33.3. The topological polar surface area (TPSA) is 79.8 Å². The van der Waals surface area contributed by atoms with Gasteiger partial charge in [0.25, 0.3) is 5.56 Å². The quantitative estimate of drug-likeness (QED) is 0.401. The molecule has 0 saturated heterocycles. The van der Waals surface area contributed by atoms with E-state index in [0.29, 0.717) is 17.1 Å². The highest BCUT2D eigenvalue weighted by atomic mass is 16.3. The highest BCUT2D eigenvalue weighted by molar-refractivity contribution is 6.01. The van der Waals surface area contributed by atoms with Gasteiger partial charge in [0.05, 0.1) is 17.1 Å². The van der Waals surface area contributed by atoms with Crippen LogP contribution in [0.15, 0.2) is 106 Å². The number of nitrogens with zero attached hydrogens (tertiary/aromatic N) is 4. The predicted molar refractivity (Wildman–Crippen MR) is 126 cm³/mol. The minimum absolute atomic E-state index is 0.0776. The third-order valence-electron chi connectivity index (χ3n) is 4.90. The molecule has 0 aliphatic rings. The van der Waals surface area contributed by atoms with Gasteiger partial charge in [0.15, 0.2) is 0 Å². The summed E-state index contributed by atoms with van der Waals surface area (Å²) in [5, 5.41) is 11.2. The standard InChI is InChI=1S/C25H22N4O3/c1-27(2)22(26-18-12-6-3-7-13-18)21-23(30)28(19-14-8-4-9-15-19)25(32)29(24(21)31)20-16-10-5-11-17-20/h3-17,30H,1-2H3. The highest BCUT2D eigenvalue weighted by Crippen LogP contribution is 2.21. The molecule has 4 aromatic rings. The molecular formula is C25H22N4O3. The maximum atomic E-state index is 13.6. The minimum atomic E-state index is -0.675. The number of aromatic hydroxyl groups is 1. The van der Waals surface area contributed by atoms with Crippen LogP contribution in [0.5, 0.6) is 5.88 Å². The first-order chi connectivity index (χ1) is 15.5. The zero-order valence-corrected chi connectivity index (χ0v) is 17.7. The third-order valence-corrected chi connectivity index (χ3v) is 4.90. The summed E-state index contributed by atoms with van der Waals surface area (Å²) in [6.45, 7) is 0. The van der Waals surface area contributed by atoms with Crippen LogP contribution in [0.1, 0.15) is 5.56 Å². The number of aliphatic imine (C=N–C) groups is 1. The van der Waals surface area contributed by atoms with Crippen LogP contribution in [0.25, 0.3) is 11.4 Å². The summed E-state index contributed by atoms with van der Waals surface area (Å²) in [6.07, 6.45) is 0. The van der Waals surface area contributed by atoms with Gasteiger partial charge in [-0.3, -0.25) is 4.79 Å². The molecule has 0 saturated carbocycles. The van der Waals surface area contributed by atoms with Crippen LogP contribution in [0, 0.1) is 0 Å². The second-order valence-electron chi connectivity index (χ2n) is 7.29. The maximum absolute atomic E-state index is 13.6. The van der Waals surface area contributed by atoms with Gasteiger partial charge in [0.1, 0.15) is 11.4 Å². The van der Waals surface area contributed by atoms with E-state index in [4.69, 9.17) is 0 Å². The summed E-state index contributed by atoms with van der Waals surface area (Å²) in [5.74, 6) is -0.241. The van der Waals surface area contributed by atoms with Crippen molar-refractivity contribution in [2.24, 2.45) is 4.99 Å². The van der Waals surface area contributed by atoms with E-state index in [-0.39, 0.29) is 11.4 Å². The van der Waals surface area contributed by atoms with Gasteiger partial charge in [-0.15, -0.1) is 0 Å². The Morgan fingerprint density at radius 1 is 0.750 bits per heavy atom. The van der Waals surface area contributed by atoms with Crippen molar-refractivity contribution in [1.82, 2.24) is 14.0 Å². The Morgan fingerprint density at radius 3 is 1.72 bits per heavy atom. The first kappa shape index (κ1) is 20.9. The molecule has 0 aliphatic heterocycles. The lowest BCUT2D eigenvalue weighted by atomic mass is 10.2. The Labute approximate surface area is 184 Å². The molecule has 4 rings (SSSR count). The highest BCUT2D eigenvalue weighted by Gasteiger charge is 2.25. The van der Waals surface area contributed by atoms with Crippen LogP contribution in [0.3, 0.4) is 0 Å². The van der Waals surface area contributed by atoms with Gasteiger partial charge in [-0.2, -0.15) is 0 Å². The van der Waals surface area contributed by atoms with E-state index in [1.807, 2.05) is 24.3 Å². The van der Waals surface area contributed by atoms with Gasteiger partial charge in [-0.05, 0) is 36.4 Å². The van der Waals surface area contributed by atoms with E-state index in [9.17, 15) is 14.7 Å². The van der Waals surface area contributed by atoms with Crippen LogP contribution in [-0.4, -0.2) is 39.1 Å². The van der Waals surface area contributed by atoms with Gasteiger partial charge < -0.3 is 10.0 Å². The lowest BCUT2D eigenvalue weighted by molar-refractivity contribution is 0.424. The van der Waals surface area contributed by atoms with Crippen molar-refractivity contribution in [3.63, 3.8) is 0 Å². The molecule has 1 heterocycles. The first-order valence-electron chi connectivity index (χ1n) is 10.0. The molecule has 0 amide bonds. The summed E-state index contributed by atoms with van der Waals surface area (Å²) >= 11 is 0. The van der Waals surface area contributed by atoms with E-state index in [1.165, 1.54) is 0 Å². The smallest absolute Gasteiger partial charge is 0.343 e. The lowest BCUT2D eigenvalue weighted by Gasteiger charge is -2.20. The van der Waals surface area contributed by atoms with Crippen LogP contribution in [-0.2, 0) is 0 Å². The van der Waals surface area contributed by atoms with E-state index >= 15 is 0 Å². The Kier molecular flexibility index (Phi) is 5.72. The van der Waals surface area contributed by atoms with Crippen LogP contribution in [0.4, 0.5) is 5.69 Å². The number of amidine groups is 1. The van der Waals surface area contributed by atoms with E-state index < -0.39 is 17.1 Å². The molecule has 3 aromatic carbocycles. The summed E-state index contributed by atoms with van der Waals surface area (Å²) in [5.41, 5.74) is 0.0237. The number of aromatic nitrogens is 2. The van der Waals surface area contributed by atoms with Crippen LogP contribution >= 0.6 is 0 Å². The van der Waals surface area contributed by atoms with E-state index in [1.54, 1.807) is 85.7 Å². The van der Waals surface area contributed by atoms with Gasteiger partial charge in [0, 0.05) is 14.1 Å². The number of benzene rings is 3. The minimum Gasteiger partial charge on any atom is -0.493 e. The fraction of sp³-hybridized carbons (Fsp3) is 0.0800. The summed E-state index contributed by atoms with van der Waals surface area (Å²) in [6, 6.07) is 26.4. The zero-order valence-electron chi connectivity index (χ0n) is 17.7. The Hall–Kier alpha value is -4.39. The molecule has 0 unspecified atom stereocenters. The van der Waals surface area contributed by atoms with Crippen molar-refractivity contribution < 1.29 is 5.11 Å². The van der Waals surface area contributed by atoms with Gasteiger partial charge in [-0.25, -0.2) is 18.9 Å². The molecular weight excluding hydrogens is 404 g/mol. The number of para-hydroxylation sites is 3. The molecule has 1 N–H and O–H groups in total. The van der Waals surface area contributed by atoms with Crippen molar-refractivity contribution in [2.75, 3.05) is 14.1 Å². The van der Waals surface area contributed by atoms with Crippen molar-refractivity contribution in [2.45, 2.75) is 0 Å². The van der Waals surface area contributed by atoms with Crippen molar-refractivity contribution in [3.8, 4) is 17.3 Å². The molecule has 0 spiro atoms. The van der Waals surface area contributed by atoms with Gasteiger partial charge >= 0.3 is 5.69 Å². The van der Waals surface area contributed by atoms with Gasteiger partial charge in [0.2, 0.25) is 5.88 Å². The average molecular weight is 426 g/mol. The molecule has 7 nitrogen and oxygen atoms in total.